The number of pyridine rings is 1. The largest absolute Gasteiger partial charge is 0.457 e. The number of H-pyrrole nitrogens is 1. The molecule has 1 fully saturated rings. The van der Waals surface area contributed by atoms with Crippen LogP contribution in [-0.2, 0) is 6.54 Å². The number of aromatic amines is 1. The summed E-state index contributed by atoms with van der Waals surface area (Å²) in [6.07, 6.45) is 3.83. The lowest BCUT2D eigenvalue weighted by Gasteiger charge is -2.24. The number of hydrogen-bond acceptors (Lipinski definition) is 2. The van der Waals surface area contributed by atoms with Gasteiger partial charge < -0.3 is 14.6 Å². The summed E-state index contributed by atoms with van der Waals surface area (Å²) in [6.45, 7) is 5.14. The molecular formula is C22H25N2O2+. The van der Waals surface area contributed by atoms with E-state index in [1.807, 2.05) is 55.5 Å². The average Bonchev–Trinajstić information content (AvgIpc) is 2.67. The van der Waals surface area contributed by atoms with Gasteiger partial charge >= 0.3 is 0 Å². The number of hydrogen-bond donors (Lipinski definition) is 2. The Kier molecular flexibility index (Phi) is 4.76. The van der Waals surface area contributed by atoms with Crippen molar-refractivity contribution >= 4 is 10.9 Å². The summed E-state index contributed by atoms with van der Waals surface area (Å²) in [5, 5.41) is 0.704. The summed E-state index contributed by atoms with van der Waals surface area (Å²) < 4.78 is 5.90. The number of nitrogens with one attached hydrogen (secondary N) is 2. The molecule has 2 N–H and O–H groups in total. The van der Waals surface area contributed by atoms with Gasteiger partial charge in [0.15, 0.2) is 5.43 Å². The minimum absolute atomic E-state index is 0.132. The van der Waals surface area contributed by atoms with Crippen LogP contribution in [0.3, 0.4) is 0 Å². The Morgan fingerprint density at radius 1 is 1.00 bits per heavy atom. The zero-order chi connectivity index (χ0) is 17.9. The molecule has 0 bridgehead atoms. The predicted octanol–water partition coefficient (Wildman–Crippen LogP) is 3.20. The summed E-state index contributed by atoms with van der Waals surface area (Å²) in [4.78, 5) is 18.1. The highest BCUT2D eigenvalue weighted by atomic mass is 16.5. The molecule has 0 unspecified atom stereocenters. The second-order valence-electron chi connectivity index (χ2n) is 7.17. The molecule has 0 aliphatic carbocycles. The van der Waals surface area contributed by atoms with Crippen molar-refractivity contribution in [1.29, 1.82) is 0 Å². The van der Waals surface area contributed by atoms with Crippen molar-refractivity contribution in [3.8, 4) is 11.5 Å². The lowest BCUT2D eigenvalue weighted by atomic mass is 10.1. The molecule has 2 heterocycles. The lowest BCUT2D eigenvalue weighted by molar-refractivity contribution is -0.918. The number of aryl methyl sites for hydroxylation is 1. The topological polar surface area (TPSA) is 46.5 Å². The minimum atomic E-state index is 0.132. The lowest BCUT2D eigenvalue weighted by Crippen LogP contribution is -3.11. The van der Waals surface area contributed by atoms with Gasteiger partial charge in [-0.3, -0.25) is 4.79 Å². The van der Waals surface area contributed by atoms with Crippen LogP contribution in [0.15, 0.2) is 53.3 Å². The number of benzene rings is 2. The van der Waals surface area contributed by atoms with Crippen molar-refractivity contribution < 1.29 is 9.64 Å². The molecule has 1 saturated heterocycles. The van der Waals surface area contributed by atoms with Gasteiger partial charge in [-0.1, -0.05) is 18.2 Å². The number of aromatic nitrogens is 1. The Balaban J connectivity index is 1.68. The first kappa shape index (κ1) is 16.9. The second-order valence-corrected chi connectivity index (χ2v) is 7.17. The van der Waals surface area contributed by atoms with Gasteiger partial charge in [-0.05, 0) is 56.5 Å². The van der Waals surface area contributed by atoms with Crippen molar-refractivity contribution in [2.45, 2.75) is 32.7 Å². The molecule has 4 nitrogen and oxygen atoms in total. The van der Waals surface area contributed by atoms with Crippen molar-refractivity contribution in [2.75, 3.05) is 13.1 Å². The SMILES string of the molecule is Cc1[nH]c2ccc(Oc3ccccc3)cc2c(=O)c1C[NH+]1CCCCC1. The maximum absolute atomic E-state index is 13.1. The molecule has 1 aromatic heterocycles. The van der Waals surface area contributed by atoms with Gasteiger partial charge in [0.05, 0.1) is 18.7 Å². The number of para-hydroxylation sites is 1. The molecule has 4 rings (SSSR count). The van der Waals surface area contributed by atoms with Gasteiger partial charge in [0.1, 0.15) is 18.0 Å². The van der Waals surface area contributed by atoms with E-state index in [4.69, 9.17) is 4.74 Å². The van der Waals surface area contributed by atoms with E-state index in [0.29, 0.717) is 11.1 Å². The molecule has 2 aromatic carbocycles. The summed E-state index contributed by atoms with van der Waals surface area (Å²) in [5.74, 6) is 1.46. The van der Waals surface area contributed by atoms with E-state index >= 15 is 0 Å². The van der Waals surface area contributed by atoms with Crippen LogP contribution in [0.4, 0.5) is 0 Å². The fourth-order valence-electron chi connectivity index (χ4n) is 3.81. The molecule has 4 heteroatoms. The normalized spacial score (nSPS) is 15.3. The zero-order valence-electron chi connectivity index (χ0n) is 15.2. The van der Waals surface area contributed by atoms with E-state index < -0.39 is 0 Å². The highest BCUT2D eigenvalue weighted by molar-refractivity contribution is 5.81. The molecule has 26 heavy (non-hydrogen) atoms. The standard InChI is InChI=1S/C22H24N2O2/c1-16-20(15-24-12-6-3-7-13-24)22(25)19-14-18(10-11-21(19)23-16)26-17-8-4-2-5-9-17/h2,4-5,8-11,14H,3,6-7,12-13,15H2,1H3,(H,23,25)/p+1. The van der Waals surface area contributed by atoms with Gasteiger partial charge in [0.25, 0.3) is 0 Å². The number of quaternary nitrogens is 1. The van der Waals surface area contributed by atoms with Crippen molar-refractivity contribution in [3.05, 3.63) is 70.0 Å². The maximum Gasteiger partial charge on any atom is 0.198 e. The zero-order valence-corrected chi connectivity index (χ0v) is 15.2. The van der Waals surface area contributed by atoms with Crippen LogP contribution in [0.25, 0.3) is 10.9 Å². The average molecular weight is 349 g/mol. The Morgan fingerprint density at radius 3 is 2.54 bits per heavy atom. The Bertz CT molecular complexity index is 957. The first-order valence-electron chi connectivity index (χ1n) is 9.43. The maximum atomic E-state index is 13.1. The van der Waals surface area contributed by atoms with Crippen LogP contribution in [0.1, 0.15) is 30.5 Å². The van der Waals surface area contributed by atoms with E-state index in [2.05, 4.69) is 4.98 Å². The third-order valence-corrected chi connectivity index (χ3v) is 5.25. The van der Waals surface area contributed by atoms with Gasteiger partial charge in [0, 0.05) is 16.6 Å². The second kappa shape index (κ2) is 7.34. The van der Waals surface area contributed by atoms with Gasteiger partial charge in [-0.25, -0.2) is 0 Å². The highest BCUT2D eigenvalue weighted by Gasteiger charge is 2.18. The fraction of sp³-hybridized carbons (Fsp3) is 0.318. The minimum Gasteiger partial charge on any atom is -0.457 e. The Labute approximate surface area is 153 Å². The van der Waals surface area contributed by atoms with Crippen molar-refractivity contribution in [1.82, 2.24) is 4.98 Å². The number of rotatable bonds is 4. The molecule has 134 valence electrons. The molecule has 0 atom stereocenters. The van der Waals surface area contributed by atoms with E-state index in [1.54, 1.807) is 0 Å². The smallest absolute Gasteiger partial charge is 0.198 e. The molecule has 0 radical (unpaired) electrons. The monoisotopic (exact) mass is 349 g/mol. The first-order valence-corrected chi connectivity index (χ1v) is 9.43. The highest BCUT2D eigenvalue weighted by Crippen LogP contribution is 2.24. The molecule has 0 saturated carbocycles. The van der Waals surface area contributed by atoms with Crippen LogP contribution >= 0.6 is 0 Å². The van der Waals surface area contributed by atoms with Gasteiger partial charge in [-0.15, -0.1) is 0 Å². The van der Waals surface area contributed by atoms with Crippen molar-refractivity contribution in [3.63, 3.8) is 0 Å². The first-order chi connectivity index (χ1) is 12.7. The van der Waals surface area contributed by atoms with E-state index in [1.165, 1.54) is 24.2 Å². The quantitative estimate of drug-likeness (QED) is 0.760. The third-order valence-electron chi connectivity index (χ3n) is 5.25. The number of likely N-dealkylation sites (tertiary alicyclic amines) is 1. The van der Waals surface area contributed by atoms with Crippen LogP contribution in [0.5, 0.6) is 11.5 Å². The van der Waals surface area contributed by atoms with Gasteiger partial charge in [-0.2, -0.15) is 0 Å². The summed E-state index contributed by atoms with van der Waals surface area (Å²) in [5.41, 5.74) is 2.89. The van der Waals surface area contributed by atoms with Gasteiger partial charge in [0.2, 0.25) is 0 Å². The van der Waals surface area contributed by atoms with E-state index in [9.17, 15) is 4.79 Å². The molecule has 0 spiro atoms. The molecule has 1 aliphatic rings. The number of fused-ring (bicyclic) bond motifs is 1. The molecule has 0 amide bonds. The number of ether oxygens (including phenoxy) is 1. The van der Waals surface area contributed by atoms with Crippen LogP contribution in [0, 0.1) is 6.92 Å². The molecule has 1 aliphatic heterocycles. The van der Waals surface area contributed by atoms with Crippen molar-refractivity contribution in [2.24, 2.45) is 0 Å². The summed E-state index contributed by atoms with van der Waals surface area (Å²) in [6, 6.07) is 15.3. The van der Waals surface area contributed by atoms with Crippen LogP contribution in [0.2, 0.25) is 0 Å². The van der Waals surface area contributed by atoms with E-state index in [0.717, 1.165) is 42.2 Å². The summed E-state index contributed by atoms with van der Waals surface area (Å²) >= 11 is 0. The predicted molar refractivity (Wildman–Crippen MR) is 104 cm³/mol. The summed E-state index contributed by atoms with van der Waals surface area (Å²) in [7, 11) is 0. The Morgan fingerprint density at radius 2 is 1.77 bits per heavy atom. The fourth-order valence-corrected chi connectivity index (χ4v) is 3.81. The van der Waals surface area contributed by atoms with Crippen LogP contribution in [-0.4, -0.2) is 18.1 Å². The molecular weight excluding hydrogens is 324 g/mol. The molecule has 3 aromatic rings. The van der Waals surface area contributed by atoms with Crippen LogP contribution < -0.4 is 15.1 Å². The Hall–Kier alpha value is -2.59. The van der Waals surface area contributed by atoms with E-state index in [-0.39, 0.29) is 5.43 Å². The third kappa shape index (κ3) is 3.51. The number of piperidine rings is 1.